The lowest BCUT2D eigenvalue weighted by Crippen LogP contribution is -2.05. The average molecular weight is 191 g/mol. The van der Waals surface area contributed by atoms with E-state index in [1.54, 1.807) is 6.07 Å². The van der Waals surface area contributed by atoms with Gasteiger partial charge < -0.3 is 5.11 Å². The molecule has 0 saturated carbocycles. The number of aromatic carboxylic acids is 1. The maximum atomic E-state index is 10.8. The van der Waals surface area contributed by atoms with Gasteiger partial charge in [-0.25, -0.2) is 9.31 Å². The molecule has 2 heterocycles. The van der Waals surface area contributed by atoms with Crippen LogP contribution in [0, 0.1) is 0 Å². The largest absolute Gasteiger partial charge is 0.477 e. The SMILES string of the molecule is CCc1nnn2c(C(=O)O)cccc12. The van der Waals surface area contributed by atoms with Gasteiger partial charge in [0.05, 0.1) is 11.2 Å². The Morgan fingerprint density at radius 3 is 3.00 bits per heavy atom. The van der Waals surface area contributed by atoms with E-state index < -0.39 is 5.97 Å². The predicted molar refractivity (Wildman–Crippen MR) is 49.3 cm³/mol. The number of hydrogen-bond acceptors (Lipinski definition) is 3. The zero-order valence-corrected chi connectivity index (χ0v) is 7.64. The Labute approximate surface area is 80.0 Å². The predicted octanol–water partition coefficient (Wildman–Crippen LogP) is 0.990. The fourth-order valence-electron chi connectivity index (χ4n) is 1.38. The Morgan fingerprint density at radius 2 is 2.36 bits per heavy atom. The lowest BCUT2D eigenvalue weighted by molar-refractivity contribution is 0.0687. The maximum absolute atomic E-state index is 10.8. The van der Waals surface area contributed by atoms with Crippen LogP contribution >= 0.6 is 0 Å². The Morgan fingerprint density at radius 1 is 1.57 bits per heavy atom. The smallest absolute Gasteiger partial charge is 0.354 e. The molecule has 0 unspecified atom stereocenters. The minimum Gasteiger partial charge on any atom is -0.477 e. The quantitative estimate of drug-likeness (QED) is 0.768. The molecule has 14 heavy (non-hydrogen) atoms. The van der Waals surface area contributed by atoms with Crippen LogP contribution in [0.15, 0.2) is 18.2 Å². The van der Waals surface area contributed by atoms with Crippen molar-refractivity contribution >= 4 is 11.5 Å². The van der Waals surface area contributed by atoms with Gasteiger partial charge in [-0.15, -0.1) is 5.10 Å². The first-order valence-corrected chi connectivity index (χ1v) is 4.30. The molecule has 0 radical (unpaired) electrons. The van der Waals surface area contributed by atoms with Gasteiger partial charge >= 0.3 is 5.97 Å². The number of nitrogens with zero attached hydrogens (tertiary/aromatic N) is 3. The lowest BCUT2D eigenvalue weighted by Gasteiger charge is -1.97. The molecule has 0 aliphatic heterocycles. The summed E-state index contributed by atoms with van der Waals surface area (Å²) in [5.74, 6) is -0.997. The minimum absolute atomic E-state index is 0.134. The summed E-state index contributed by atoms with van der Waals surface area (Å²) in [6, 6.07) is 5.01. The molecule has 5 nitrogen and oxygen atoms in total. The Kier molecular flexibility index (Phi) is 1.92. The van der Waals surface area contributed by atoms with Crippen molar-refractivity contribution in [3.8, 4) is 0 Å². The van der Waals surface area contributed by atoms with Gasteiger partial charge in [0, 0.05) is 0 Å². The first-order chi connectivity index (χ1) is 6.74. The third-order valence-electron chi connectivity index (χ3n) is 2.07. The first-order valence-electron chi connectivity index (χ1n) is 4.30. The van der Waals surface area contributed by atoms with E-state index in [0.29, 0.717) is 0 Å². The van der Waals surface area contributed by atoms with E-state index in [1.807, 2.05) is 13.0 Å². The molecule has 2 rings (SSSR count). The Hall–Kier alpha value is -1.91. The third kappa shape index (κ3) is 1.14. The monoisotopic (exact) mass is 191 g/mol. The van der Waals surface area contributed by atoms with Gasteiger partial charge in [0.15, 0.2) is 5.69 Å². The molecule has 0 aliphatic rings. The van der Waals surface area contributed by atoms with Crippen LogP contribution in [0.4, 0.5) is 0 Å². The van der Waals surface area contributed by atoms with E-state index in [4.69, 9.17) is 5.11 Å². The van der Waals surface area contributed by atoms with Crippen LogP contribution in [0.1, 0.15) is 23.1 Å². The van der Waals surface area contributed by atoms with Crippen LogP contribution in [0.25, 0.3) is 5.52 Å². The summed E-state index contributed by atoms with van der Waals surface area (Å²) in [5.41, 5.74) is 1.70. The molecular formula is C9H9N3O2. The fourth-order valence-corrected chi connectivity index (χ4v) is 1.38. The number of carboxylic acids is 1. The van der Waals surface area contributed by atoms with Gasteiger partial charge in [-0.3, -0.25) is 0 Å². The van der Waals surface area contributed by atoms with Gasteiger partial charge in [0.2, 0.25) is 0 Å². The Bertz CT molecular complexity index is 490. The molecule has 0 amide bonds. The van der Waals surface area contributed by atoms with Crippen LogP contribution in [0.3, 0.4) is 0 Å². The van der Waals surface area contributed by atoms with Crippen molar-refractivity contribution in [1.29, 1.82) is 0 Å². The number of rotatable bonds is 2. The molecular weight excluding hydrogens is 182 g/mol. The van der Waals surface area contributed by atoms with E-state index in [1.165, 1.54) is 10.6 Å². The highest BCUT2D eigenvalue weighted by Gasteiger charge is 2.11. The molecule has 2 aromatic rings. The van der Waals surface area contributed by atoms with Crippen LogP contribution in [0.2, 0.25) is 0 Å². The first kappa shape index (κ1) is 8.68. The molecule has 1 N–H and O–H groups in total. The van der Waals surface area contributed by atoms with E-state index in [9.17, 15) is 4.79 Å². The fraction of sp³-hybridized carbons (Fsp3) is 0.222. The second-order valence-electron chi connectivity index (χ2n) is 2.90. The van der Waals surface area contributed by atoms with Crippen LogP contribution in [0.5, 0.6) is 0 Å². The zero-order valence-electron chi connectivity index (χ0n) is 7.64. The maximum Gasteiger partial charge on any atom is 0.354 e. The number of carboxylic acid groups (broad SMARTS) is 1. The second-order valence-corrected chi connectivity index (χ2v) is 2.90. The molecule has 0 saturated heterocycles. The number of hydrogen-bond donors (Lipinski definition) is 1. The summed E-state index contributed by atoms with van der Waals surface area (Å²) in [6.45, 7) is 1.96. The second kappa shape index (κ2) is 3.10. The molecule has 0 aliphatic carbocycles. The van der Waals surface area contributed by atoms with Crippen LogP contribution in [-0.4, -0.2) is 25.9 Å². The summed E-state index contributed by atoms with van der Waals surface area (Å²) in [4.78, 5) is 10.8. The number of aryl methyl sites for hydroxylation is 1. The summed E-state index contributed by atoms with van der Waals surface area (Å²) < 4.78 is 1.35. The minimum atomic E-state index is -0.997. The molecule has 0 fully saturated rings. The number of aromatic nitrogens is 3. The molecule has 72 valence electrons. The highest BCUT2D eigenvalue weighted by Crippen LogP contribution is 2.10. The normalized spacial score (nSPS) is 10.6. The van der Waals surface area contributed by atoms with Crippen molar-refractivity contribution in [3.63, 3.8) is 0 Å². The van der Waals surface area contributed by atoms with E-state index in [-0.39, 0.29) is 5.69 Å². The molecule has 0 aromatic carbocycles. The highest BCUT2D eigenvalue weighted by molar-refractivity contribution is 5.86. The van der Waals surface area contributed by atoms with E-state index >= 15 is 0 Å². The molecule has 0 spiro atoms. The van der Waals surface area contributed by atoms with Gasteiger partial charge in [-0.05, 0) is 18.6 Å². The van der Waals surface area contributed by atoms with Crippen molar-refractivity contribution < 1.29 is 9.90 Å². The highest BCUT2D eigenvalue weighted by atomic mass is 16.4. The van der Waals surface area contributed by atoms with Crippen molar-refractivity contribution in [2.75, 3.05) is 0 Å². The summed E-state index contributed by atoms with van der Waals surface area (Å²) >= 11 is 0. The number of pyridine rings is 1. The van der Waals surface area contributed by atoms with E-state index in [2.05, 4.69) is 10.3 Å². The molecule has 0 bridgehead atoms. The van der Waals surface area contributed by atoms with Crippen LogP contribution in [-0.2, 0) is 6.42 Å². The van der Waals surface area contributed by atoms with E-state index in [0.717, 1.165) is 17.6 Å². The third-order valence-corrected chi connectivity index (χ3v) is 2.07. The Balaban J connectivity index is 2.76. The number of fused-ring (bicyclic) bond motifs is 1. The van der Waals surface area contributed by atoms with Crippen molar-refractivity contribution in [1.82, 2.24) is 14.8 Å². The molecule has 2 aromatic heterocycles. The van der Waals surface area contributed by atoms with Crippen LogP contribution < -0.4 is 0 Å². The molecule has 5 heteroatoms. The van der Waals surface area contributed by atoms with Crippen molar-refractivity contribution in [2.24, 2.45) is 0 Å². The zero-order chi connectivity index (χ0) is 10.1. The van der Waals surface area contributed by atoms with Crippen molar-refractivity contribution in [3.05, 3.63) is 29.6 Å². The van der Waals surface area contributed by atoms with Gasteiger partial charge in [-0.1, -0.05) is 18.2 Å². The summed E-state index contributed by atoms with van der Waals surface area (Å²) in [6.07, 6.45) is 0.743. The van der Waals surface area contributed by atoms with Crippen molar-refractivity contribution in [2.45, 2.75) is 13.3 Å². The number of carbonyl (C=O) groups is 1. The summed E-state index contributed by atoms with van der Waals surface area (Å²) in [7, 11) is 0. The average Bonchev–Trinajstić information content (AvgIpc) is 2.59. The van der Waals surface area contributed by atoms with Gasteiger partial charge in [-0.2, -0.15) is 0 Å². The van der Waals surface area contributed by atoms with Gasteiger partial charge in [0.25, 0.3) is 0 Å². The van der Waals surface area contributed by atoms with Gasteiger partial charge in [0.1, 0.15) is 0 Å². The topological polar surface area (TPSA) is 67.5 Å². The lowest BCUT2D eigenvalue weighted by atomic mass is 10.2. The summed E-state index contributed by atoms with van der Waals surface area (Å²) in [5, 5.41) is 16.6. The standard InChI is InChI=1S/C9H9N3O2/c1-2-6-7-4-3-5-8(9(13)14)12(7)11-10-6/h3-5H,2H2,1H3,(H,13,14). The molecule has 0 atom stereocenters.